The molecular weight excluding hydrogens is 876 g/mol. The summed E-state index contributed by atoms with van der Waals surface area (Å²) in [6.45, 7) is 23.2. The molecule has 6 aliphatic rings. The van der Waals surface area contributed by atoms with Crippen LogP contribution < -0.4 is 41.6 Å². The van der Waals surface area contributed by atoms with Gasteiger partial charge in [-0.2, -0.15) is 5.26 Å². The van der Waals surface area contributed by atoms with Gasteiger partial charge in [-0.05, 0) is 81.5 Å². The van der Waals surface area contributed by atoms with Crippen LogP contribution in [0.5, 0.6) is 11.5 Å². The Labute approximate surface area is 400 Å². The van der Waals surface area contributed by atoms with Crippen molar-refractivity contribution in [3.63, 3.8) is 0 Å². The summed E-state index contributed by atoms with van der Waals surface area (Å²) in [7, 11) is 0. The van der Waals surface area contributed by atoms with E-state index in [9.17, 15) is 14.9 Å². The van der Waals surface area contributed by atoms with Crippen molar-refractivity contribution in [2.45, 2.75) is 141 Å². The Morgan fingerprint density at radius 2 is 1.67 bits per heavy atom. The number of carbonyl (C=O) groups is 2. The van der Waals surface area contributed by atoms with Gasteiger partial charge in [-0.15, -0.1) is 11.8 Å². The number of fused-ring (bicyclic) bond motifs is 3. The normalized spacial score (nSPS) is 33.1. The molecule has 5 aliphatic heterocycles. The number of benzene rings is 2. The predicted octanol–water partition coefficient (Wildman–Crippen LogP) is 5.04. The van der Waals surface area contributed by atoms with Gasteiger partial charge in [-0.1, -0.05) is 53.1 Å². The largest absolute Gasteiger partial charge is 0.491 e. The maximum atomic E-state index is 13.6. The zero-order valence-electron chi connectivity index (χ0n) is 40.0. The van der Waals surface area contributed by atoms with Gasteiger partial charge in [0.15, 0.2) is 0 Å². The van der Waals surface area contributed by atoms with E-state index in [4.69, 9.17) is 30.8 Å². The number of ether oxygens (including phenoxy) is 3. The molecule has 4 saturated heterocycles. The molecule has 0 spiro atoms. The van der Waals surface area contributed by atoms with Crippen LogP contribution in [0.3, 0.4) is 0 Å². The van der Waals surface area contributed by atoms with Crippen molar-refractivity contribution in [3.8, 4) is 17.6 Å². The molecule has 17 heteroatoms. The number of hydrogen-bond acceptors (Lipinski definition) is 14. The lowest BCUT2D eigenvalue weighted by Gasteiger charge is -2.63. The number of piperidine rings is 1. The van der Waals surface area contributed by atoms with E-state index in [2.05, 4.69) is 109 Å². The molecule has 15 nitrogen and oxygen atoms in total. The smallest absolute Gasteiger partial charge is 0.225 e. The van der Waals surface area contributed by atoms with Crippen LogP contribution in [-0.4, -0.2) is 126 Å². The van der Waals surface area contributed by atoms with Gasteiger partial charge in [0.05, 0.1) is 59.4 Å². The number of nitrogens with zero attached hydrogens (tertiary/aromatic N) is 4. The number of nitrogens with one attached hydrogen (secondary N) is 6. The molecule has 0 aromatic heterocycles. The summed E-state index contributed by atoms with van der Waals surface area (Å²) in [5.41, 5.74) is 8.84. The van der Waals surface area contributed by atoms with Gasteiger partial charge in [0.2, 0.25) is 11.8 Å². The first-order valence-electron chi connectivity index (χ1n) is 24.0. The topological polar surface area (TPSA) is 177 Å². The number of amides is 2. The van der Waals surface area contributed by atoms with Crippen LogP contribution in [0.1, 0.15) is 92.7 Å². The van der Waals surface area contributed by atoms with Crippen LogP contribution in [0.4, 0.5) is 0 Å². The van der Waals surface area contributed by atoms with Crippen LogP contribution in [0, 0.1) is 39.9 Å². The number of hydrazine groups is 1. The lowest BCUT2D eigenvalue weighted by atomic mass is 9.49. The van der Waals surface area contributed by atoms with E-state index in [1.165, 1.54) is 0 Å². The zero-order valence-corrected chi connectivity index (χ0v) is 41.6. The third kappa shape index (κ3) is 10.1. The second-order valence-electron chi connectivity index (χ2n) is 20.7. The molecule has 8 rings (SSSR count). The Balaban J connectivity index is 0.770. The fraction of sp³-hybridized carbons (Fsp3) is 0.673. The predicted molar refractivity (Wildman–Crippen MR) is 259 cm³/mol. The third-order valence-electron chi connectivity index (χ3n) is 14.9. The lowest BCUT2D eigenvalue weighted by molar-refractivity contribution is -0.174. The Hall–Kier alpha value is -3.50. The second kappa shape index (κ2) is 20.2. The highest BCUT2D eigenvalue weighted by atomic mass is 35.5. The molecule has 2 amide bonds. The molecule has 360 valence electrons. The number of hydrogen-bond donors (Lipinski definition) is 6. The number of thioether (sulfide) groups is 1. The van der Waals surface area contributed by atoms with Crippen LogP contribution >= 0.6 is 23.4 Å². The van der Waals surface area contributed by atoms with Crippen molar-refractivity contribution in [2.24, 2.45) is 33.6 Å². The number of carbonyl (C=O) groups excluding carboxylic acids is 2. The van der Waals surface area contributed by atoms with Gasteiger partial charge in [-0.3, -0.25) is 35.0 Å². The maximum Gasteiger partial charge on any atom is 0.225 e. The first kappa shape index (κ1) is 48.9. The molecule has 7 atom stereocenters. The molecule has 6 unspecified atom stereocenters. The Morgan fingerprint density at radius 3 is 2.32 bits per heavy atom. The van der Waals surface area contributed by atoms with Crippen molar-refractivity contribution < 1.29 is 23.8 Å². The van der Waals surface area contributed by atoms with E-state index < -0.39 is 0 Å². The van der Waals surface area contributed by atoms with Gasteiger partial charge in [0, 0.05) is 72.0 Å². The summed E-state index contributed by atoms with van der Waals surface area (Å²) < 4.78 is 18.9. The van der Waals surface area contributed by atoms with Crippen molar-refractivity contribution in [1.82, 2.24) is 41.9 Å². The van der Waals surface area contributed by atoms with E-state index >= 15 is 0 Å². The minimum atomic E-state index is -0.322. The van der Waals surface area contributed by atoms with Crippen molar-refractivity contribution in [3.05, 3.63) is 58.6 Å². The van der Waals surface area contributed by atoms with Crippen LogP contribution in [-0.2, 0) is 14.3 Å². The average molecular weight is 948 g/mol. The van der Waals surface area contributed by atoms with Crippen LogP contribution in [0.15, 0.2) is 47.5 Å². The molecule has 2 aromatic carbocycles. The van der Waals surface area contributed by atoms with Gasteiger partial charge in [0.1, 0.15) is 36.6 Å². The minimum absolute atomic E-state index is 0.00780. The summed E-state index contributed by atoms with van der Waals surface area (Å²) >= 11 is 8.29. The number of nitriles is 1. The number of halogens is 1. The SMILES string of the molecule is CC(C)NC(=O)C[C@@H]1N=C(c2ccc(OCCOC3CCN(C4NCC(C(=O)NC5C(C)(C)C(Oc6ccc(C#N)c(Cl)c6)C5(C)C)CN4)CC3)cc2)C2C(C)C(C)SC2N2C(C)NNC12. The number of aliphatic imine (C=N–C) groups is 1. The molecule has 5 heterocycles. The molecule has 0 radical (unpaired) electrons. The van der Waals surface area contributed by atoms with Crippen LogP contribution in [0.2, 0.25) is 5.02 Å². The van der Waals surface area contributed by atoms with E-state index in [0.29, 0.717) is 60.2 Å². The van der Waals surface area contributed by atoms with E-state index in [-0.39, 0.29) is 88.8 Å². The lowest BCUT2D eigenvalue weighted by Crippen LogP contribution is -2.75. The molecule has 2 aromatic rings. The van der Waals surface area contributed by atoms with Crippen molar-refractivity contribution >= 4 is 40.9 Å². The van der Waals surface area contributed by atoms with Crippen molar-refractivity contribution in [1.29, 1.82) is 5.26 Å². The monoisotopic (exact) mass is 947 g/mol. The summed E-state index contributed by atoms with van der Waals surface area (Å²) in [6.07, 6.45) is 2.20. The molecule has 1 aliphatic carbocycles. The first-order chi connectivity index (χ1) is 31.5. The average Bonchev–Trinajstić information content (AvgIpc) is 3.77. The quantitative estimate of drug-likeness (QED) is 0.139. The summed E-state index contributed by atoms with van der Waals surface area (Å²) in [5.74, 6) is 1.89. The third-order valence-corrected chi connectivity index (χ3v) is 16.9. The number of likely N-dealkylation sites (tertiary alicyclic amines) is 1. The first-order valence-corrected chi connectivity index (χ1v) is 25.3. The Kier molecular flexibility index (Phi) is 15.0. The summed E-state index contributed by atoms with van der Waals surface area (Å²) in [4.78, 5) is 37.1. The highest BCUT2D eigenvalue weighted by Crippen LogP contribution is 2.56. The van der Waals surface area contributed by atoms with E-state index in [1.807, 2.05) is 37.7 Å². The molecule has 66 heavy (non-hydrogen) atoms. The molecule has 0 bridgehead atoms. The molecule has 6 N–H and O–H groups in total. The fourth-order valence-corrected chi connectivity index (χ4v) is 13.6. The van der Waals surface area contributed by atoms with Gasteiger partial charge in [-0.25, -0.2) is 10.9 Å². The van der Waals surface area contributed by atoms with Gasteiger partial charge in [0.25, 0.3) is 0 Å². The number of rotatable bonds is 14. The highest BCUT2D eigenvalue weighted by molar-refractivity contribution is 8.00. The van der Waals surface area contributed by atoms with E-state index in [0.717, 1.165) is 43.0 Å². The zero-order chi connectivity index (χ0) is 47.1. The Morgan fingerprint density at radius 1 is 0.985 bits per heavy atom. The molecule has 5 fully saturated rings. The summed E-state index contributed by atoms with van der Waals surface area (Å²) in [6, 6.07) is 15.3. The summed E-state index contributed by atoms with van der Waals surface area (Å²) in [5, 5.41) is 23.9. The molecular formula is C49H71ClN10O5S. The maximum absolute atomic E-state index is 13.6. The van der Waals surface area contributed by atoms with Crippen molar-refractivity contribution in [2.75, 3.05) is 39.4 Å². The second-order valence-corrected chi connectivity index (χ2v) is 22.6. The highest BCUT2D eigenvalue weighted by Gasteiger charge is 2.64. The molecule has 1 saturated carbocycles. The standard InChI is InChI=1S/C49H71ClN10O5S/c1-27(2)54-39(61)23-38-42-58-57-30(5)60(42)44-40(28(3)29(4)66-44)41(55-38)31-10-13-34(14-11-31)63-20-21-64-35-16-18-59(19-17-35)47-52-25-33(26-53-47)43(62)56-45-48(6,7)46(49(45,8)9)65-36-15-12-32(24-51)37(50)22-36/h10-15,22,27-30,33,35,38,40,42,44-47,52-53,57-58H,16-21,23,25-26H2,1-9H3,(H,54,61)(H,56,62)/t28?,29?,30?,33?,38-,40?,42?,44?,45?,46?,47?/m0/s1. The van der Waals surface area contributed by atoms with E-state index in [1.54, 1.807) is 18.2 Å². The Bertz CT molecular complexity index is 2100. The van der Waals surface area contributed by atoms with Crippen LogP contribution in [0.25, 0.3) is 0 Å². The van der Waals surface area contributed by atoms with Gasteiger partial charge < -0.3 is 24.8 Å². The minimum Gasteiger partial charge on any atom is -0.491 e. The van der Waals surface area contributed by atoms with Gasteiger partial charge >= 0.3 is 0 Å². The fourth-order valence-electron chi connectivity index (χ4n) is 11.6.